The van der Waals surface area contributed by atoms with E-state index in [1.807, 2.05) is 0 Å². The lowest BCUT2D eigenvalue weighted by atomic mass is 10.2. The van der Waals surface area contributed by atoms with Crippen molar-refractivity contribution in [1.29, 1.82) is 0 Å². The Labute approximate surface area is 100 Å². The van der Waals surface area contributed by atoms with Crippen molar-refractivity contribution >= 4 is 0 Å². The van der Waals surface area contributed by atoms with Crippen molar-refractivity contribution in [2.24, 2.45) is 0 Å². The van der Waals surface area contributed by atoms with Crippen molar-refractivity contribution in [3.05, 3.63) is 0 Å². The standard InChI is InChI=1S/C13H27N3/c1-3-15(4-2)9-10-16-8-7-13(11-16)14-12-5-6-12/h12-14H,3-11H2,1-2H3. The van der Waals surface area contributed by atoms with E-state index in [-0.39, 0.29) is 0 Å². The zero-order valence-electron chi connectivity index (χ0n) is 10.9. The fourth-order valence-corrected chi connectivity index (χ4v) is 2.58. The molecule has 1 saturated heterocycles. The van der Waals surface area contributed by atoms with Gasteiger partial charge in [-0.1, -0.05) is 13.8 Å². The van der Waals surface area contributed by atoms with Gasteiger partial charge < -0.3 is 15.1 Å². The number of hydrogen-bond acceptors (Lipinski definition) is 3. The molecule has 0 aromatic carbocycles. The van der Waals surface area contributed by atoms with E-state index >= 15 is 0 Å². The second-order valence-corrected chi connectivity index (χ2v) is 5.25. The highest BCUT2D eigenvalue weighted by atomic mass is 15.2. The summed E-state index contributed by atoms with van der Waals surface area (Å²) in [5.41, 5.74) is 0. The summed E-state index contributed by atoms with van der Waals surface area (Å²) in [5.74, 6) is 0. The quantitative estimate of drug-likeness (QED) is 0.701. The fraction of sp³-hybridized carbons (Fsp3) is 1.00. The van der Waals surface area contributed by atoms with Gasteiger partial charge in [-0.2, -0.15) is 0 Å². The molecule has 3 nitrogen and oxygen atoms in total. The van der Waals surface area contributed by atoms with Crippen LogP contribution in [0.15, 0.2) is 0 Å². The lowest BCUT2D eigenvalue weighted by Gasteiger charge is -2.22. The van der Waals surface area contributed by atoms with Gasteiger partial charge in [-0.05, 0) is 38.9 Å². The van der Waals surface area contributed by atoms with E-state index in [1.54, 1.807) is 0 Å². The summed E-state index contributed by atoms with van der Waals surface area (Å²) in [6.07, 6.45) is 4.18. The minimum absolute atomic E-state index is 0.782. The number of nitrogens with one attached hydrogen (secondary N) is 1. The number of likely N-dealkylation sites (tertiary alicyclic amines) is 1. The molecule has 0 radical (unpaired) electrons. The molecule has 2 fully saturated rings. The van der Waals surface area contributed by atoms with Crippen molar-refractivity contribution in [2.75, 3.05) is 39.3 Å². The molecule has 0 aromatic heterocycles. The Kier molecular flexibility index (Phi) is 4.62. The van der Waals surface area contributed by atoms with Crippen LogP contribution in [0.3, 0.4) is 0 Å². The van der Waals surface area contributed by atoms with Gasteiger partial charge in [-0.3, -0.25) is 0 Å². The van der Waals surface area contributed by atoms with E-state index in [1.165, 1.54) is 58.5 Å². The molecule has 94 valence electrons. The van der Waals surface area contributed by atoms with Gasteiger partial charge in [0.15, 0.2) is 0 Å². The van der Waals surface area contributed by atoms with Crippen molar-refractivity contribution in [2.45, 2.75) is 45.2 Å². The van der Waals surface area contributed by atoms with Crippen molar-refractivity contribution in [3.63, 3.8) is 0 Å². The monoisotopic (exact) mass is 225 g/mol. The Morgan fingerprint density at radius 2 is 1.88 bits per heavy atom. The van der Waals surface area contributed by atoms with Gasteiger partial charge in [-0.25, -0.2) is 0 Å². The zero-order valence-corrected chi connectivity index (χ0v) is 10.9. The van der Waals surface area contributed by atoms with Gasteiger partial charge in [0.2, 0.25) is 0 Å². The second-order valence-electron chi connectivity index (χ2n) is 5.25. The largest absolute Gasteiger partial charge is 0.310 e. The smallest absolute Gasteiger partial charge is 0.0209 e. The first-order valence-corrected chi connectivity index (χ1v) is 7.02. The van der Waals surface area contributed by atoms with Gasteiger partial charge in [0.1, 0.15) is 0 Å². The normalized spacial score (nSPS) is 26.8. The minimum atomic E-state index is 0.782. The molecule has 0 spiro atoms. The third-order valence-electron chi connectivity index (χ3n) is 3.95. The van der Waals surface area contributed by atoms with Crippen LogP contribution in [0.25, 0.3) is 0 Å². The van der Waals surface area contributed by atoms with Crippen molar-refractivity contribution < 1.29 is 0 Å². The van der Waals surface area contributed by atoms with Gasteiger partial charge in [0.25, 0.3) is 0 Å². The van der Waals surface area contributed by atoms with E-state index < -0.39 is 0 Å². The predicted molar refractivity (Wildman–Crippen MR) is 68.8 cm³/mol. The van der Waals surface area contributed by atoms with E-state index in [9.17, 15) is 0 Å². The van der Waals surface area contributed by atoms with Crippen LogP contribution in [-0.2, 0) is 0 Å². The molecule has 1 heterocycles. The molecule has 0 aromatic rings. The van der Waals surface area contributed by atoms with Crippen LogP contribution in [-0.4, -0.2) is 61.2 Å². The summed E-state index contributed by atoms with van der Waals surface area (Å²) in [7, 11) is 0. The Balaban J connectivity index is 1.60. The highest BCUT2D eigenvalue weighted by molar-refractivity contribution is 4.89. The highest BCUT2D eigenvalue weighted by Gasteiger charge is 2.28. The number of nitrogens with zero attached hydrogens (tertiary/aromatic N) is 2. The van der Waals surface area contributed by atoms with Crippen LogP contribution >= 0.6 is 0 Å². The SMILES string of the molecule is CCN(CC)CCN1CCC(NC2CC2)C1. The molecule has 1 unspecified atom stereocenters. The molecule has 16 heavy (non-hydrogen) atoms. The molecular formula is C13H27N3. The molecule has 1 aliphatic heterocycles. The van der Waals surface area contributed by atoms with Crippen LogP contribution in [0, 0.1) is 0 Å². The summed E-state index contributed by atoms with van der Waals surface area (Å²) >= 11 is 0. The average molecular weight is 225 g/mol. The third-order valence-corrected chi connectivity index (χ3v) is 3.95. The van der Waals surface area contributed by atoms with E-state index in [0.717, 1.165) is 12.1 Å². The lowest BCUT2D eigenvalue weighted by molar-refractivity contribution is 0.238. The predicted octanol–water partition coefficient (Wildman–Crippen LogP) is 1.15. The van der Waals surface area contributed by atoms with Gasteiger partial charge in [0.05, 0.1) is 0 Å². The van der Waals surface area contributed by atoms with E-state index in [2.05, 4.69) is 29.0 Å². The third kappa shape index (κ3) is 3.72. The van der Waals surface area contributed by atoms with Gasteiger partial charge in [0, 0.05) is 31.7 Å². The Hall–Kier alpha value is -0.120. The maximum atomic E-state index is 3.74. The summed E-state index contributed by atoms with van der Waals surface area (Å²) in [5, 5.41) is 3.74. The fourth-order valence-electron chi connectivity index (χ4n) is 2.58. The first-order valence-electron chi connectivity index (χ1n) is 7.02. The van der Waals surface area contributed by atoms with Crippen LogP contribution in [0.1, 0.15) is 33.1 Å². The van der Waals surface area contributed by atoms with Crippen molar-refractivity contribution in [1.82, 2.24) is 15.1 Å². The van der Waals surface area contributed by atoms with Crippen LogP contribution in [0.2, 0.25) is 0 Å². The summed E-state index contributed by atoms with van der Waals surface area (Å²) < 4.78 is 0. The first-order chi connectivity index (χ1) is 7.81. The maximum Gasteiger partial charge on any atom is 0.0209 e. The summed E-state index contributed by atoms with van der Waals surface area (Å²) in [4.78, 5) is 5.14. The molecule has 2 aliphatic rings. The Morgan fingerprint density at radius 3 is 2.50 bits per heavy atom. The minimum Gasteiger partial charge on any atom is -0.310 e. The topological polar surface area (TPSA) is 18.5 Å². The Morgan fingerprint density at radius 1 is 1.12 bits per heavy atom. The number of hydrogen-bond donors (Lipinski definition) is 1. The second kappa shape index (κ2) is 5.99. The average Bonchev–Trinajstić information content (AvgIpc) is 2.99. The molecule has 3 heteroatoms. The van der Waals surface area contributed by atoms with Crippen molar-refractivity contribution in [3.8, 4) is 0 Å². The first kappa shape index (κ1) is 12.3. The van der Waals surface area contributed by atoms with Crippen LogP contribution in [0.5, 0.6) is 0 Å². The molecule has 0 amide bonds. The molecule has 2 rings (SSSR count). The molecule has 0 bridgehead atoms. The lowest BCUT2D eigenvalue weighted by Crippen LogP contribution is -2.37. The number of likely N-dealkylation sites (N-methyl/N-ethyl adjacent to an activating group) is 1. The molecule has 1 atom stereocenters. The number of rotatable bonds is 7. The van der Waals surface area contributed by atoms with E-state index in [4.69, 9.17) is 0 Å². The maximum absolute atomic E-state index is 3.74. The highest BCUT2D eigenvalue weighted by Crippen LogP contribution is 2.21. The molecular weight excluding hydrogens is 198 g/mol. The summed E-state index contributed by atoms with van der Waals surface area (Å²) in [6.45, 7) is 12.0. The van der Waals surface area contributed by atoms with Crippen LogP contribution < -0.4 is 5.32 Å². The van der Waals surface area contributed by atoms with Crippen LogP contribution in [0.4, 0.5) is 0 Å². The zero-order chi connectivity index (χ0) is 11.4. The van der Waals surface area contributed by atoms with Gasteiger partial charge in [-0.15, -0.1) is 0 Å². The molecule has 1 saturated carbocycles. The van der Waals surface area contributed by atoms with Gasteiger partial charge >= 0.3 is 0 Å². The Bertz CT molecular complexity index is 199. The molecule has 1 aliphatic carbocycles. The van der Waals surface area contributed by atoms with E-state index in [0.29, 0.717) is 0 Å². The summed E-state index contributed by atoms with van der Waals surface area (Å²) in [6, 6.07) is 1.65. The molecule has 1 N–H and O–H groups in total.